The number of alkyl carbamates (subject to hydrolysis) is 1. The number of hydrogen-bond acceptors (Lipinski definition) is 6. The molecule has 0 aromatic heterocycles. The number of halogens is 1. The van der Waals surface area contributed by atoms with E-state index in [0.717, 1.165) is 42.5 Å². The Labute approximate surface area is 228 Å². The summed E-state index contributed by atoms with van der Waals surface area (Å²) in [5, 5.41) is 5.90. The van der Waals surface area contributed by atoms with E-state index in [-0.39, 0.29) is 24.5 Å². The summed E-state index contributed by atoms with van der Waals surface area (Å²) in [5.74, 6) is 0.125. The van der Waals surface area contributed by atoms with Crippen LogP contribution in [0.3, 0.4) is 0 Å². The van der Waals surface area contributed by atoms with Crippen molar-refractivity contribution >= 4 is 17.8 Å². The van der Waals surface area contributed by atoms with Crippen LogP contribution in [0.25, 0.3) is 0 Å². The summed E-state index contributed by atoms with van der Waals surface area (Å²) in [6.07, 6.45) is 3.27. The van der Waals surface area contributed by atoms with E-state index in [2.05, 4.69) is 22.8 Å². The summed E-state index contributed by atoms with van der Waals surface area (Å²) in [4.78, 5) is 26.5. The summed E-state index contributed by atoms with van der Waals surface area (Å²) < 4.78 is 34.3. The lowest BCUT2D eigenvalue weighted by atomic mass is 9.82. The monoisotopic (exact) mass is 543 g/mol. The molecule has 2 aromatic carbocycles. The minimum absolute atomic E-state index is 0.0977. The molecule has 1 saturated carbocycles. The van der Waals surface area contributed by atoms with Crippen molar-refractivity contribution < 1.29 is 32.9 Å². The summed E-state index contributed by atoms with van der Waals surface area (Å²) in [7, 11) is 1.62. The van der Waals surface area contributed by atoms with Gasteiger partial charge in [0.05, 0.1) is 33.0 Å². The van der Waals surface area contributed by atoms with E-state index in [0.29, 0.717) is 52.0 Å². The number of nitrogens with one attached hydrogen (secondary N) is 2. The third-order valence-electron chi connectivity index (χ3n) is 7.13. The number of urea groups is 1. The predicted molar refractivity (Wildman–Crippen MR) is 144 cm³/mol. The molecule has 1 aliphatic heterocycles. The zero-order valence-electron chi connectivity index (χ0n) is 22.5. The minimum Gasteiger partial charge on any atom is -0.447 e. The predicted octanol–water partition coefficient (Wildman–Crippen LogP) is 4.81. The average Bonchev–Trinajstić information content (AvgIpc) is 3.37. The number of fused-ring (bicyclic) bond motifs is 1. The van der Waals surface area contributed by atoms with E-state index in [1.165, 1.54) is 17.7 Å². The van der Waals surface area contributed by atoms with Crippen LogP contribution in [0.2, 0.25) is 0 Å². The van der Waals surface area contributed by atoms with Crippen LogP contribution in [-0.2, 0) is 32.0 Å². The van der Waals surface area contributed by atoms with Gasteiger partial charge in [0.15, 0.2) is 0 Å². The van der Waals surface area contributed by atoms with Gasteiger partial charge in [-0.1, -0.05) is 18.2 Å². The summed E-state index contributed by atoms with van der Waals surface area (Å²) >= 11 is 0. The first-order valence-corrected chi connectivity index (χ1v) is 13.5. The second-order valence-electron chi connectivity index (χ2n) is 9.87. The third kappa shape index (κ3) is 8.91. The average molecular weight is 544 g/mol. The molecule has 0 atom stereocenters. The second kappa shape index (κ2) is 14.8. The van der Waals surface area contributed by atoms with Crippen LogP contribution < -0.4 is 10.6 Å². The Hall–Kier alpha value is -3.21. The number of anilines is 1. The topological polar surface area (TPSA) is 98.4 Å². The zero-order chi connectivity index (χ0) is 27.5. The van der Waals surface area contributed by atoms with Gasteiger partial charge in [0.25, 0.3) is 0 Å². The maximum Gasteiger partial charge on any atom is 0.407 e. The largest absolute Gasteiger partial charge is 0.447 e. The van der Waals surface area contributed by atoms with E-state index in [1.54, 1.807) is 18.1 Å². The molecule has 0 unspecified atom stereocenters. The second-order valence-corrected chi connectivity index (χ2v) is 9.87. The maximum atomic E-state index is 13.5. The molecule has 9 nitrogen and oxygen atoms in total. The Morgan fingerprint density at radius 3 is 2.26 bits per heavy atom. The van der Waals surface area contributed by atoms with E-state index >= 15 is 0 Å². The molecule has 1 fully saturated rings. The number of benzene rings is 2. The van der Waals surface area contributed by atoms with Gasteiger partial charge in [0.2, 0.25) is 0 Å². The highest BCUT2D eigenvalue weighted by atomic mass is 19.1. The van der Waals surface area contributed by atoms with Crippen molar-refractivity contribution in [2.45, 2.75) is 50.7 Å². The molecule has 39 heavy (non-hydrogen) atoms. The first-order chi connectivity index (χ1) is 19.0. The van der Waals surface area contributed by atoms with E-state index < -0.39 is 6.09 Å². The quantitative estimate of drug-likeness (QED) is 0.373. The third-order valence-corrected chi connectivity index (χ3v) is 7.13. The number of amides is 3. The van der Waals surface area contributed by atoms with Crippen molar-refractivity contribution in [3.05, 3.63) is 65.0 Å². The summed E-state index contributed by atoms with van der Waals surface area (Å²) in [5.41, 5.74) is 3.78. The number of carbonyl (C=O) groups is 2. The highest BCUT2D eigenvalue weighted by molar-refractivity contribution is 5.89. The number of ether oxygens (including phenoxy) is 4. The van der Waals surface area contributed by atoms with Gasteiger partial charge in [-0.2, -0.15) is 0 Å². The summed E-state index contributed by atoms with van der Waals surface area (Å²) in [6.45, 7) is 3.42. The molecular weight excluding hydrogens is 505 g/mol. The van der Waals surface area contributed by atoms with Gasteiger partial charge in [-0.05, 0) is 72.6 Å². The standard InChI is InChI=1S/C29H38FN3O6/c1-36-12-13-37-14-15-38-16-17-39-29(35)32-27-10-5-22(6-11-27)21-3-8-26(9-4-21)31-28(34)33-19-23-2-7-25(30)18-24(23)20-33/h2-4,7-9,18,22,27H,5-6,10-17,19-20H2,1H3,(H,31,34)(H,32,35). The van der Waals surface area contributed by atoms with Crippen molar-refractivity contribution in [3.8, 4) is 0 Å². The molecule has 0 saturated heterocycles. The van der Waals surface area contributed by atoms with Crippen molar-refractivity contribution in [1.29, 1.82) is 0 Å². The van der Waals surface area contributed by atoms with Crippen molar-refractivity contribution in [2.75, 3.05) is 52.1 Å². The van der Waals surface area contributed by atoms with Crippen molar-refractivity contribution in [2.24, 2.45) is 0 Å². The van der Waals surface area contributed by atoms with Crippen LogP contribution in [0.5, 0.6) is 0 Å². The SMILES string of the molecule is COCCOCCOCCOC(=O)NC1CCC(c2ccc(NC(=O)N3Cc4ccc(F)cc4C3)cc2)CC1. The Morgan fingerprint density at radius 2 is 1.54 bits per heavy atom. The highest BCUT2D eigenvalue weighted by Crippen LogP contribution is 2.33. The van der Waals surface area contributed by atoms with Crippen LogP contribution in [0.1, 0.15) is 48.3 Å². The number of nitrogens with zero attached hydrogens (tertiary/aromatic N) is 1. The molecule has 2 aliphatic rings. The van der Waals surface area contributed by atoms with Crippen LogP contribution in [-0.4, -0.2) is 69.8 Å². The van der Waals surface area contributed by atoms with Crippen molar-refractivity contribution in [3.63, 3.8) is 0 Å². The molecule has 0 radical (unpaired) electrons. The fourth-order valence-corrected chi connectivity index (χ4v) is 4.98. The van der Waals surface area contributed by atoms with E-state index in [9.17, 15) is 14.0 Å². The molecule has 0 spiro atoms. The normalized spacial score (nSPS) is 18.5. The molecule has 0 bridgehead atoms. The molecule has 3 amide bonds. The molecule has 4 rings (SSSR count). The first kappa shape index (κ1) is 28.8. The van der Waals surface area contributed by atoms with Gasteiger partial charge in [0.1, 0.15) is 12.4 Å². The fraction of sp³-hybridized carbons (Fsp3) is 0.517. The van der Waals surface area contributed by atoms with Crippen LogP contribution in [0.4, 0.5) is 19.7 Å². The molecule has 212 valence electrons. The lowest BCUT2D eigenvalue weighted by Crippen LogP contribution is -2.38. The smallest absolute Gasteiger partial charge is 0.407 e. The van der Waals surface area contributed by atoms with Gasteiger partial charge < -0.3 is 34.5 Å². The maximum absolute atomic E-state index is 13.5. The Balaban J connectivity index is 1.10. The van der Waals surface area contributed by atoms with Crippen LogP contribution in [0, 0.1) is 5.82 Å². The fourth-order valence-electron chi connectivity index (χ4n) is 4.98. The lowest BCUT2D eigenvalue weighted by molar-refractivity contribution is 0.0127. The zero-order valence-corrected chi connectivity index (χ0v) is 22.5. The van der Waals surface area contributed by atoms with E-state index in [4.69, 9.17) is 18.9 Å². The van der Waals surface area contributed by atoms with E-state index in [1.807, 2.05) is 12.1 Å². The first-order valence-electron chi connectivity index (χ1n) is 13.5. The van der Waals surface area contributed by atoms with Gasteiger partial charge in [-0.15, -0.1) is 0 Å². The number of carbonyl (C=O) groups excluding carboxylic acids is 2. The van der Waals surface area contributed by atoms with Crippen LogP contribution >= 0.6 is 0 Å². The Bertz CT molecular complexity index is 1080. The van der Waals surface area contributed by atoms with Gasteiger partial charge >= 0.3 is 12.1 Å². The van der Waals surface area contributed by atoms with Crippen molar-refractivity contribution in [1.82, 2.24) is 10.2 Å². The molecule has 2 N–H and O–H groups in total. The van der Waals surface area contributed by atoms with Gasteiger partial charge in [0, 0.05) is 31.9 Å². The van der Waals surface area contributed by atoms with Crippen LogP contribution in [0.15, 0.2) is 42.5 Å². The molecular formula is C29H38FN3O6. The molecule has 1 heterocycles. The minimum atomic E-state index is -0.412. The number of methoxy groups -OCH3 is 1. The molecule has 2 aromatic rings. The number of rotatable bonds is 12. The number of hydrogen-bond donors (Lipinski definition) is 2. The lowest BCUT2D eigenvalue weighted by Gasteiger charge is -2.29. The van der Waals surface area contributed by atoms with Gasteiger partial charge in [-0.25, -0.2) is 14.0 Å². The Morgan fingerprint density at radius 1 is 0.872 bits per heavy atom. The molecule has 10 heteroatoms. The highest BCUT2D eigenvalue weighted by Gasteiger charge is 2.25. The van der Waals surface area contributed by atoms with Gasteiger partial charge in [-0.3, -0.25) is 0 Å². The Kier molecular flexibility index (Phi) is 10.9. The molecule has 1 aliphatic carbocycles. The summed E-state index contributed by atoms with van der Waals surface area (Å²) in [6, 6.07) is 12.5.